The third-order valence-electron chi connectivity index (χ3n) is 3.63. The first-order valence-corrected chi connectivity index (χ1v) is 6.67. The van der Waals surface area contributed by atoms with Crippen molar-refractivity contribution in [2.45, 2.75) is 70.1 Å². The monoisotopic (exact) mass is 257 g/mol. The second kappa shape index (κ2) is 4.70. The number of aliphatic hydroxyl groups is 1. The molecule has 3 fully saturated rings. The minimum absolute atomic E-state index is 0.0901. The van der Waals surface area contributed by atoms with E-state index in [-0.39, 0.29) is 18.2 Å². The Balaban J connectivity index is 2.04. The van der Waals surface area contributed by atoms with Gasteiger partial charge in [0, 0.05) is 13.0 Å². The number of carbonyl (C=O) groups excluding carboxylic acids is 1. The normalized spacial score (nSPS) is 31.6. The Bertz CT molecular complexity index is 310. The number of hydroxylamine groups is 2. The van der Waals surface area contributed by atoms with Gasteiger partial charge in [-0.3, -0.25) is 4.84 Å². The number of aliphatic hydroxyl groups excluding tert-OH is 1. The van der Waals surface area contributed by atoms with E-state index < -0.39 is 11.7 Å². The zero-order chi connectivity index (χ0) is 13.4. The minimum Gasteiger partial charge on any atom is -0.442 e. The third-order valence-corrected chi connectivity index (χ3v) is 3.63. The summed E-state index contributed by atoms with van der Waals surface area (Å²) in [4.78, 5) is 17.9. The van der Waals surface area contributed by atoms with Gasteiger partial charge < -0.3 is 9.84 Å². The van der Waals surface area contributed by atoms with Crippen molar-refractivity contribution in [3.63, 3.8) is 0 Å². The average Bonchev–Trinajstić information content (AvgIpc) is 2.28. The van der Waals surface area contributed by atoms with Crippen molar-refractivity contribution in [3.8, 4) is 0 Å². The molecule has 104 valence electrons. The largest absolute Gasteiger partial charge is 0.442 e. The average molecular weight is 257 g/mol. The summed E-state index contributed by atoms with van der Waals surface area (Å²) >= 11 is 0. The maximum absolute atomic E-state index is 12.1. The van der Waals surface area contributed by atoms with Crippen LogP contribution >= 0.6 is 0 Å². The Morgan fingerprint density at radius 1 is 1.44 bits per heavy atom. The van der Waals surface area contributed by atoms with Gasteiger partial charge in [-0.05, 0) is 46.5 Å². The number of ether oxygens (including phenoxy) is 1. The fourth-order valence-electron chi connectivity index (χ4n) is 2.73. The molecule has 0 spiro atoms. The Morgan fingerprint density at radius 2 is 2.06 bits per heavy atom. The summed E-state index contributed by atoms with van der Waals surface area (Å²) in [5.74, 6) is 0. The predicted molar refractivity (Wildman–Crippen MR) is 65.8 cm³/mol. The molecule has 0 radical (unpaired) electrons. The second-order valence-electron chi connectivity index (χ2n) is 6.29. The van der Waals surface area contributed by atoms with Gasteiger partial charge in [-0.2, -0.15) is 5.06 Å². The quantitative estimate of drug-likeness (QED) is 0.824. The predicted octanol–water partition coefficient (Wildman–Crippen LogP) is 2.23. The van der Waals surface area contributed by atoms with Crippen LogP contribution in [0.15, 0.2) is 0 Å². The van der Waals surface area contributed by atoms with E-state index >= 15 is 0 Å². The molecular weight excluding hydrogens is 234 g/mol. The van der Waals surface area contributed by atoms with Gasteiger partial charge >= 0.3 is 6.09 Å². The molecule has 2 heterocycles. The lowest BCUT2D eigenvalue weighted by molar-refractivity contribution is -0.306. The molecule has 0 atom stereocenters. The number of hydrogen-bond donors (Lipinski definition) is 1. The number of hydrogen-bond acceptors (Lipinski definition) is 4. The smallest absolute Gasteiger partial charge is 0.434 e. The van der Waals surface area contributed by atoms with Gasteiger partial charge in [-0.25, -0.2) is 4.79 Å². The highest BCUT2D eigenvalue weighted by Crippen LogP contribution is 2.43. The Hall–Kier alpha value is -0.810. The molecular formula is C13H23NO4. The molecule has 5 nitrogen and oxygen atoms in total. The lowest BCUT2D eigenvalue weighted by atomic mass is 9.78. The van der Waals surface area contributed by atoms with Gasteiger partial charge in [-0.15, -0.1) is 0 Å². The summed E-state index contributed by atoms with van der Waals surface area (Å²) in [6.07, 6.45) is 3.86. The Morgan fingerprint density at radius 3 is 2.56 bits per heavy atom. The minimum atomic E-state index is -0.513. The first kappa shape index (κ1) is 13.6. The number of nitrogens with zero attached hydrogens (tertiary/aromatic N) is 1. The third kappa shape index (κ3) is 2.78. The number of carbonyl (C=O) groups is 1. The van der Waals surface area contributed by atoms with Crippen molar-refractivity contribution < 1.29 is 19.5 Å². The van der Waals surface area contributed by atoms with Gasteiger partial charge in [-0.1, -0.05) is 0 Å². The topological polar surface area (TPSA) is 59.0 Å². The van der Waals surface area contributed by atoms with Crippen LogP contribution in [-0.4, -0.2) is 40.1 Å². The van der Waals surface area contributed by atoms with Gasteiger partial charge in [0.1, 0.15) is 5.60 Å². The molecule has 0 aromatic rings. The molecule has 2 saturated heterocycles. The van der Waals surface area contributed by atoms with E-state index in [1.807, 2.05) is 20.8 Å². The molecule has 2 aliphatic heterocycles. The summed E-state index contributed by atoms with van der Waals surface area (Å²) < 4.78 is 5.35. The summed E-state index contributed by atoms with van der Waals surface area (Å²) in [6, 6.07) is 0.125. The van der Waals surface area contributed by atoms with Crippen molar-refractivity contribution in [2.24, 2.45) is 0 Å². The molecule has 3 aliphatic rings. The molecule has 0 aromatic heterocycles. The van der Waals surface area contributed by atoms with E-state index in [1.165, 1.54) is 5.06 Å². The molecule has 3 rings (SSSR count). The molecule has 5 heteroatoms. The summed E-state index contributed by atoms with van der Waals surface area (Å²) in [5.41, 5.74) is -0.873. The molecule has 0 unspecified atom stereocenters. The number of fused-ring (bicyclic) bond motifs is 3. The molecule has 1 amide bonds. The fourth-order valence-corrected chi connectivity index (χ4v) is 2.73. The first-order valence-electron chi connectivity index (χ1n) is 6.67. The van der Waals surface area contributed by atoms with Crippen LogP contribution in [-0.2, 0) is 9.57 Å². The van der Waals surface area contributed by atoms with Crippen molar-refractivity contribution in [2.75, 3.05) is 6.61 Å². The number of rotatable bonds is 2. The van der Waals surface area contributed by atoms with Gasteiger partial charge in [0.05, 0.1) is 11.6 Å². The maximum Gasteiger partial charge on any atom is 0.434 e. The van der Waals surface area contributed by atoms with Gasteiger partial charge in [0.2, 0.25) is 0 Å². The van der Waals surface area contributed by atoms with Crippen LogP contribution in [0.2, 0.25) is 0 Å². The molecule has 1 N–H and O–H groups in total. The summed E-state index contributed by atoms with van der Waals surface area (Å²) in [5, 5.41) is 10.5. The van der Waals surface area contributed by atoms with Crippen LogP contribution in [0.1, 0.15) is 52.9 Å². The van der Waals surface area contributed by atoms with Crippen molar-refractivity contribution in [1.29, 1.82) is 0 Å². The summed E-state index contributed by atoms with van der Waals surface area (Å²) in [7, 11) is 0. The van der Waals surface area contributed by atoms with Crippen LogP contribution in [0, 0.1) is 0 Å². The maximum atomic E-state index is 12.1. The first-order chi connectivity index (χ1) is 8.35. The Labute approximate surface area is 108 Å². The molecule has 1 aliphatic carbocycles. The highest BCUT2D eigenvalue weighted by molar-refractivity contribution is 5.67. The summed E-state index contributed by atoms with van der Waals surface area (Å²) in [6.45, 7) is 5.62. The fraction of sp³-hybridized carbons (Fsp3) is 0.923. The SMILES string of the molecule is CC(C)(C)OC(=O)N1O[C@]2(CCO)CC[C@H]1CC2. The zero-order valence-corrected chi connectivity index (χ0v) is 11.4. The molecule has 0 aromatic carbocycles. The van der Waals surface area contributed by atoms with Crippen LogP contribution in [0.5, 0.6) is 0 Å². The zero-order valence-electron chi connectivity index (χ0n) is 11.4. The lowest BCUT2D eigenvalue weighted by Crippen LogP contribution is -2.58. The highest BCUT2D eigenvalue weighted by Gasteiger charge is 2.48. The highest BCUT2D eigenvalue weighted by atomic mass is 16.7. The van der Waals surface area contributed by atoms with Crippen LogP contribution in [0.3, 0.4) is 0 Å². The van der Waals surface area contributed by atoms with Crippen molar-refractivity contribution >= 4 is 6.09 Å². The van der Waals surface area contributed by atoms with E-state index in [0.29, 0.717) is 6.42 Å². The molecule has 2 bridgehead atoms. The van der Waals surface area contributed by atoms with Gasteiger partial charge in [0.15, 0.2) is 0 Å². The second-order valence-corrected chi connectivity index (χ2v) is 6.29. The van der Waals surface area contributed by atoms with Crippen molar-refractivity contribution in [3.05, 3.63) is 0 Å². The van der Waals surface area contributed by atoms with Crippen LogP contribution < -0.4 is 0 Å². The molecule has 1 saturated carbocycles. The van der Waals surface area contributed by atoms with E-state index in [4.69, 9.17) is 14.7 Å². The standard InChI is InChI=1S/C13H23NO4/c1-12(2,3)17-11(16)14-10-4-6-13(18-14,7-5-10)8-9-15/h10,15H,4-9H2,1-3H3/t10-,13+. The Kier molecular flexibility index (Phi) is 3.56. The van der Waals surface area contributed by atoms with Crippen LogP contribution in [0.25, 0.3) is 0 Å². The van der Waals surface area contributed by atoms with E-state index in [0.717, 1.165) is 25.7 Å². The van der Waals surface area contributed by atoms with E-state index in [9.17, 15) is 4.79 Å². The van der Waals surface area contributed by atoms with E-state index in [2.05, 4.69) is 0 Å². The molecule has 18 heavy (non-hydrogen) atoms. The van der Waals surface area contributed by atoms with Gasteiger partial charge in [0.25, 0.3) is 0 Å². The lowest BCUT2D eigenvalue weighted by Gasteiger charge is -2.51. The van der Waals surface area contributed by atoms with Crippen molar-refractivity contribution in [1.82, 2.24) is 5.06 Å². The van der Waals surface area contributed by atoms with Crippen LogP contribution in [0.4, 0.5) is 4.79 Å². The number of amides is 1. The van der Waals surface area contributed by atoms with E-state index in [1.54, 1.807) is 0 Å².